The van der Waals surface area contributed by atoms with Crippen LogP contribution in [0.4, 0.5) is 4.79 Å². The van der Waals surface area contributed by atoms with Gasteiger partial charge in [-0.05, 0) is 34.1 Å². The molecule has 0 aromatic heterocycles. The highest BCUT2D eigenvalue weighted by atomic mass is 16.6. The van der Waals surface area contributed by atoms with Gasteiger partial charge in [0.05, 0.1) is 0 Å². The molecule has 0 aromatic carbocycles. The summed E-state index contributed by atoms with van der Waals surface area (Å²) in [6.45, 7) is 12.5. The van der Waals surface area contributed by atoms with Crippen molar-refractivity contribution in [3.05, 3.63) is 12.7 Å². The smallest absolute Gasteiger partial charge is 0.410 e. The third kappa shape index (κ3) is 4.81. The van der Waals surface area contributed by atoms with Crippen LogP contribution in [0.1, 0.15) is 41.0 Å². The summed E-state index contributed by atoms with van der Waals surface area (Å²) in [7, 11) is 0. The lowest BCUT2D eigenvalue weighted by molar-refractivity contribution is -0.159. The van der Waals surface area contributed by atoms with E-state index >= 15 is 0 Å². The van der Waals surface area contributed by atoms with Gasteiger partial charge in [0.1, 0.15) is 17.6 Å². The maximum Gasteiger partial charge on any atom is 0.410 e. The highest BCUT2D eigenvalue weighted by Gasteiger charge is 2.48. The summed E-state index contributed by atoms with van der Waals surface area (Å²) in [6, 6.07) is 0. The molecule has 130 valence electrons. The first-order valence-electron chi connectivity index (χ1n) is 7.81. The van der Waals surface area contributed by atoms with Crippen molar-refractivity contribution in [1.29, 1.82) is 0 Å². The van der Waals surface area contributed by atoms with Gasteiger partial charge in [0.2, 0.25) is 0 Å². The standard InChI is InChI=1S/C17H27NO5/c1-7-10-22-14(20)17(6)11-18(9-8-12(2)13(17)19)15(21)23-16(3,4)5/h7,12H,1,8-11H2,2-6H3. The van der Waals surface area contributed by atoms with E-state index in [1.165, 1.54) is 17.9 Å². The summed E-state index contributed by atoms with van der Waals surface area (Å²) in [5, 5.41) is 0. The van der Waals surface area contributed by atoms with Crippen LogP contribution in [0, 0.1) is 11.3 Å². The summed E-state index contributed by atoms with van der Waals surface area (Å²) in [6.07, 6.45) is 1.40. The molecule has 0 aliphatic carbocycles. The van der Waals surface area contributed by atoms with Crippen LogP contribution >= 0.6 is 0 Å². The molecule has 1 heterocycles. The van der Waals surface area contributed by atoms with Crippen LogP contribution in [0.25, 0.3) is 0 Å². The van der Waals surface area contributed by atoms with E-state index < -0.39 is 23.1 Å². The van der Waals surface area contributed by atoms with Gasteiger partial charge in [-0.3, -0.25) is 9.59 Å². The zero-order valence-corrected chi connectivity index (χ0v) is 14.7. The van der Waals surface area contributed by atoms with Gasteiger partial charge in [0, 0.05) is 19.0 Å². The monoisotopic (exact) mass is 325 g/mol. The van der Waals surface area contributed by atoms with E-state index in [4.69, 9.17) is 9.47 Å². The molecular formula is C17H27NO5. The molecule has 0 spiro atoms. The number of Topliss-reactive ketones (excluding diaryl/α,β-unsaturated/α-hetero) is 1. The molecule has 1 aliphatic heterocycles. The van der Waals surface area contributed by atoms with Gasteiger partial charge in [0.15, 0.2) is 5.78 Å². The Kier molecular flexibility index (Phi) is 5.97. The normalized spacial score (nSPS) is 25.5. The predicted molar refractivity (Wildman–Crippen MR) is 85.9 cm³/mol. The molecule has 0 N–H and O–H groups in total. The summed E-state index contributed by atoms with van der Waals surface area (Å²) < 4.78 is 10.4. The van der Waals surface area contributed by atoms with E-state index in [1.807, 2.05) is 0 Å². The van der Waals surface area contributed by atoms with E-state index in [1.54, 1.807) is 27.7 Å². The van der Waals surface area contributed by atoms with E-state index in [-0.39, 0.29) is 24.9 Å². The quantitative estimate of drug-likeness (QED) is 0.453. The molecule has 0 bridgehead atoms. The zero-order chi connectivity index (χ0) is 17.8. The molecule has 2 unspecified atom stereocenters. The number of likely N-dealkylation sites (tertiary alicyclic amines) is 1. The molecule has 23 heavy (non-hydrogen) atoms. The summed E-state index contributed by atoms with van der Waals surface area (Å²) in [4.78, 5) is 38.7. The Morgan fingerprint density at radius 1 is 1.43 bits per heavy atom. The highest BCUT2D eigenvalue weighted by Crippen LogP contribution is 2.31. The molecule has 1 rings (SSSR count). The van der Waals surface area contributed by atoms with Crippen molar-refractivity contribution in [1.82, 2.24) is 4.90 Å². The van der Waals surface area contributed by atoms with Gasteiger partial charge < -0.3 is 14.4 Å². The van der Waals surface area contributed by atoms with Crippen molar-refractivity contribution in [3.8, 4) is 0 Å². The average Bonchev–Trinajstić information content (AvgIpc) is 2.55. The first-order valence-corrected chi connectivity index (χ1v) is 7.81. The Morgan fingerprint density at radius 3 is 2.57 bits per heavy atom. The number of nitrogens with zero attached hydrogens (tertiary/aromatic N) is 1. The maximum atomic E-state index is 12.6. The van der Waals surface area contributed by atoms with Crippen molar-refractivity contribution in [2.75, 3.05) is 19.7 Å². The van der Waals surface area contributed by atoms with Crippen molar-refractivity contribution >= 4 is 17.8 Å². The highest BCUT2D eigenvalue weighted by molar-refractivity contribution is 6.05. The fourth-order valence-electron chi connectivity index (χ4n) is 2.50. The zero-order valence-electron chi connectivity index (χ0n) is 14.7. The molecule has 1 amide bonds. The molecule has 6 heteroatoms. The van der Waals surface area contributed by atoms with E-state index in [9.17, 15) is 14.4 Å². The fourth-order valence-corrected chi connectivity index (χ4v) is 2.50. The third-order valence-electron chi connectivity index (χ3n) is 3.77. The number of amides is 1. The van der Waals surface area contributed by atoms with Crippen molar-refractivity contribution < 1.29 is 23.9 Å². The van der Waals surface area contributed by atoms with E-state index in [0.717, 1.165) is 0 Å². The Balaban J connectivity index is 3.02. The molecule has 0 aromatic rings. The van der Waals surface area contributed by atoms with Crippen LogP contribution in [0.5, 0.6) is 0 Å². The topological polar surface area (TPSA) is 72.9 Å². The van der Waals surface area contributed by atoms with Gasteiger partial charge in [-0.15, -0.1) is 0 Å². The third-order valence-corrected chi connectivity index (χ3v) is 3.77. The minimum absolute atomic E-state index is 0.0303. The van der Waals surface area contributed by atoms with E-state index in [2.05, 4.69) is 6.58 Å². The number of ether oxygens (including phenoxy) is 2. The second kappa shape index (κ2) is 7.15. The Hall–Kier alpha value is -1.85. The minimum Gasteiger partial charge on any atom is -0.461 e. The number of carbonyl (C=O) groups excluding carboxylic acids is 3. The lowest BCUT2D eigenvalue weighted by Gasteiger charge is -2.31. The summed E-state index contributed by atoms with van der Waals surface area (Å²) >= 11 is 0. The van der Waals surface area contributed by atoms with Crippen LogP contribution < -0.4 is 0 Å². The molecule has 2 atom stereocenters. The first kappa shape index (κ1) is 19.2. The van der Waals surface area contributed by atoms with Crippen molar-refractivity contribution in [2.24, 2.45) is 11.3 Å². The summed E-state index contributed by atoms with van der Waals surface area (Å²) in [5.74, 6) is -1.17. The van der Waals surface area contributed by atoms with Crippen LogP contribution in [0.15, 0.2) is 12.7 Å². The van der Waals surface area contributed by atoms with Gasteiger partial charge in [-0.25, -0.2) is 4.79 Å². The number of hydrogen-bond donors (Lipinski definition) is 0. The number of esters is 1. The Labute approximate surface area is 137 Å². The molecule has 1 saturated heterocycles. The summed E-state index contributed by atoms with van der Waals surface area (Å²) in [5.41, 5.74) is -2.03. The number of carbonyl (C=O) groups is 3. The minimum atomic E-state index is -1.39. The van der Waals surface area contributed by atoms with Crippen LogP contribution in [0.2, 0.25) is 0 Å². The second-order valence-electron chi connectivity index (χ2n) is 7.18. The SMILES string of the molecule is C=CCOC(=O)C1(C)CN(C(=O)OC(C)(C)C)CCC(C)C1=O. The predicted octanol–water partition coefficient (Wildman–Crippen LogP) is 2.57. The molecule has 1 fully saturated rings. The molecule has 6 nitrogen and oxygen atoms in total. The lowest BCUT2D eigenvalue weighted by atomic mass is 9.80. The van der Waals surface area contributed by atoms with E-state index in [0.29, 0.717) is 13.0 Å². The molecule has 0 radical (unpaired) electrons. The second-order valence-corrected chi connectivity index (χ2v) is 7.18. The van der Waals surface area contributed by atoms with Gasteiger partial charge in [0.25, 0.3) is 0 Å². The molecular weight excluding hydrogens is 298 g/mol. The fraction of sp³-hybridized carbons (Fsp3) is 0.706. The van der Waals surface area contributed by atoms with Crippen LogP contribution in [0.3, 0.4) is 0 Å². The van der Waals surface area contributed by atoms with Crippen LogP contribution in [-0.2, 0) is 19.1 Å². The van der Waals surface area contributed by atoms with Gasteiger partial charge >= 0.3 is 12.1 Å². The number of rotatable bonds is 3. The van der Waals surface area contributed by atoms with Crippen molar-refractivity contribution in [2.45, 2.75) is 46.6 Å². The first-order chi connectivity index (χ1) is 10.5. The van der Waals surface area contributed by atoms with Gasteiger partial charge in [-0.1, -0.05) is 19.6 Å². The Bertz CT molecular complexity index is 494. The van der Waals surface area contributed by atoms with Crippen molar-refractivity contribution in [3.63, 3.8) is 0 Å². The number of hydrogen-bond acceptors (Lipinski definition) is 5. The van der Waals surface area contributed by atoms with Gasteiger partial charge in [-0.2, -0.15) is 0 Å². The maximum absolute atomic E-state index is 12.6. The lowest BCUT2D eigenvalue weighted by Crippen LogP contribution is -2.49. The molecule has 0 saturated carbocycles. The Morgan fingerprint density at radius 2 is 2.04 bits per heavy atom. The average molecular weight is 325 g/mol. The largest absolute Gasteiger partial charge is 0.461 e. The van der Waals surface area contributed by atoms with Crippen LogP contribution in [-0.4, -0.2) is 48.0 Å². The molecule has 1 aliphatic rings. The number of ketones is 1.